The third kappa shape index (κ3) is 24.0. The van der Waals surface area contributed by atoms with Crippen LogP contribution in [0.2, 0.25) is 0 Å². The van der Waals surface area contributed by atoms with Crippen molar-refractivity contribution >= 4 is 13.7 Å². The first-order valence-electron chi connectivity index (χ1n) is 14.6. The number of allylic oxidation sites excluding steroid dienone is 1. The third-order valence-corrected chi connectivity index (χ3v) is 7.21. The van der Waals surface area contributed by atoms with E-state index < -0.39 is 20.0 Å². The van der Waals surface area contributed by atoms with Crippen molar-refractivity contribution in [2.75, 3.05) is 40.9 Å². The number of unbranched alkanes of at least 4 members (excludes halogenated alkanes) is 12. The Bertz CT molecular complexity index is 639. The van der Waals surface area contributed by atoms with Gasteiger partial charge in [0.2, 0.25) is 5.91 Å². The van der Waals surface area contributed by atoms with E-state index in [1.807, 2.05) is 27.2 Å². The van der Waals surface area contributed by atoms with Crippen molar-refractivity contribution in [3.8, 4) is 0 Å². The number of nitrogens with one attached hydrogen (secondary N) is 1. The van der Waals surface area contributed by atoms with Gasteiger partial charge in [0.15, 0.2) is 0 Å². The first kappa shape index (κ1) is 36.2. The van der Waals surface area contributed by atoms with Gasteiger partial charge in [0.05, 0.1) is 39.9 Å². The number of phosphoric ester groups is 1. The number of likely N-dealkylation sites (N-methyl/N-ethyl adjacent to an activating group) is 1. The average molecular weight is 549 g/mol. The molecule has 2 N–H and O–H groups in total. The lowest BCUT2D eigenvalue weighted by molar-refractivity contribution is -0.870. The van der Waals surface area contributed by atoms with Gasteiger partial charge in [-0.05, 0) is 19.3 Å². The SMILES string of the molecule is CCCCC/C=C/C(O)C(COP(=O)([O-])OCC[N+](C)(C)C)NC(=O)CCCCCCCCCCCC. The van der Waals surface area contributed by atoms with Crippen LogP contribution in [0.1, 0.15) is 110 Å². The van der Waals surface area contributed by atoms with Crippen LogP contribution in [0.4, 0.5) is 0 Å². The number of carbonyl (C=O) groups excluding carboxylic acids is 1. The largest absolute Gasteiger partial charge is 0.756 e. The fourth-order valence-electron chi connectivity index (χ4n) is 3.79. The number of aliphatic hydroxyl groups excluding tert-OH is 1. The summed E-state index contributed by atoms with van der Waals surface area (Å²) in [5, 5.41) is 13.4. The summed E-state index contributed by atoms with van der Waals surface area (Å²) in [4.78, 5) is 24.7. The van der Waals surface area contributed by atoms with E-state index in [9.17, 15) is 19.4 Å². The molecular weight excluding hydrogens is 491 g/mol. The molecule has 0 bridgehead atoms. The summed E-state index contributed by atoms with van der Waals surface area (Å²) in [5.41, 5.74) is 0. The molecule has 0 aliphatic heterocycles. The Morgan fingerprint density at radius 3 is 2.03 bits per heavy atom. The predicted molar refractivity (Wildman–Crippen MR) is 150 cm³/mol. The van der Waals surface area contributed by atoms with E-state index in [1.54, 1.807) is 6.08 Å². The van der Waals surface area contributed by atoms with Crippen molar-refractivity contribution in [3.05, 3.63) is 12.2 Å². The molecule has 0 aromatic carbocycles. The monoisotopic (exact) mass is 548 g/mol. The fourth-order valence-corrected chi connectivity index (χ4v) is 4.52. The molecule has 0 aliphatic carbocycles. The van der Waals surface area contributed by atoms with Gasteiger partial charge in [-0.3, -0.25) is 9.36 Å². The molecule has 0 spiro atoms. The van der Waals surface area contributed by atoms with Gasteiger partial charge in [-0.1, -0.05) is 96.6 Å². The van der Waals surface area contributed by atoms with Gasteiger partial charge >= 0.3 is 0 Å². The van der Waals surface area contributed by atoms with Crippen LogP contribution in [-0.4, -0.2) is 68.5 Å². The van der Waals surface area contributed by atoms with Gasteiger partial charge < -0.3 is 28.8 Å². The maximum Gasteiger partial charge on any atom is 0.268 e. The second-order valence-corrected chi connectivity index (χ2v) is 12.5. The Hall–Kier alpha value is -0.760. The van der Waals surface area contributed by atoms with Crippen molar-refractivity contribution in [1.82, 2.24) is 5.32 Å². The molecule has 3 unspecified atom stereocenters. The lowest BCUT2D eigenvalue weighted by atomic mass is 10.1. The molecule has 37 heavy (non-hydrogen) atoms. The maximum atomic E-state index is 12.5. The highest BCUT2D eigenvalue weighted by molar-refractivity contribution is 7.45. The molecule has 0 aliphatic rings. The van der Waals surface area contributed by atoms with Crippen LogP contribution in [0, 0.1) is 0 Å². The Balaban J connectivity index is 4.58. The zero-order valence-corrected chi connectivity index (χ0v) is 25.3. The minimum Gasteiger partial charge on any atom is -0.756 e. The normalized spacial score (nSPS) is 15.5. The average Bonchev–Trinajstić information content (AvgIpc) is 2.81. The van der Waals surface area contributed by atoms with Crippen molar-refractivity contribution in [2.24, 2.45) is 0 Å². The highest BCUT2D eigenvalue weighted by Gasteiger charge is 2.23. The van der Waals surface area contributed by atoms with Crippen LogP contribution in [0.5, 0.6) is 0 Å². The summed E-state index contributed by atoms with van der Waals surface area (Å²) in [6.07, 6.45) is 18.6. The standard InChI is InChI=1S/C28H57N2O6P/c1-6-8-10-12-13-14-15-16-18-20-22-28(32)29-26(27(31)21-19-17-11-9-7-2)25-36-37(33,34)35-24-23-30(3,4)5/h19,21,26-27,31H,6-18,20,22-25H2,1-5H3,(H-,29,32,33,34)/b21-19+. The maximum absolute atomic E-state index is 12.5. The number of amides is 1. The van der Waals surface area contributed by atoms with Crippen LogP contribution in [0.15, 0.2) is 12.2 Å². The van der Waals surface area contributed by atoms with Gasteiger partial charge in [0.1, 0.15) is 13.2 Å². The molecule has 0 heterocycles. The van der Waals surface area contributed by atoms with Crippen LogP contribution < -0.4 is 10.2 Å². The molecule has 8 nitrogen and oxygen atoms in total. The number of rotatable bonds is 25. The lowest BCUT2D eigenvalue weighted by Gasteiger charge is -2.29. The zero-order chi connectivity index (χ0) is 28.0. The molecule has 0 saturated carbocycles. The number of carbonyl (C=O) groups is 1. The second-order valence-electron chi connectivity index (χ2n) is 11.1. The van der Waals surface area contributed by atoms with E-state index in [0.29, 0.717) is 17.4 Å². The Morgan fingerprint density at radius 1 is 0.919 bits per heavy atom. The Labute approximate surface area is 227 Å². The molecule has 3 atom stereocenters. The van der Waals surface area contributed by atoms with E-state index in [4.69, 9.17) is 9.05 Å². The number of hydrogen-bond donors (Lipinski definition) is 2. The minimum atomic E-state index is -4.55. The first-order valence-corrected chi connectivity index (χ1v) is 16.0. The summed E-state index contributed by atoms with van der Waals surface area (Å²) in [7, 11) is 1.25. The zero-order valence-electron chi connectivity index (χ0n) is 24.4. The Morgan fingerprint density at radius 2 is 1.46 bits per heavy atom. The highest BCUT2D eigenvalue weighted by Crippen LogP contribution is 2.38. The summed E-state index contributed by atoms with van der Waals surface area (Å²) < 4.78 is 22.7. The summed E-state index contributed by atoms with van der Waals surface area (Å²) >= 11 is 0. The minimum absolute atomic E-state index is 0.0000709. The number of quaternary nitrogens is 1. The molecule has 9 heteroatoms. The van der Waals surface area contributed by atoms with Gasteiger partial charge in [-0.25, -0.2) is 0 Å². The van der Waals surface area contributed by atoms with Gasteiger partial charge in [0, 0.05) is 6.42 Å². The van der Waals surface area contributed by atoms with Gasteiger partial charge in [0.25, 0.3) is 7.82 Å². The fraction of sp³-hybridized carbons (Fsp3) is 0.893. The van der Waals surface area contributed by atoms with E-state index >= 15 is 0 Å². The smallest absolute Gasteiger partial charge is 0.268 e. The molecule has 0 radical (unpaired) electrons. The van der Waals surface area contributed by atoms with Crippen molar-refractivity contribution in [3.63, 3.8) is 0 Å². The van der Waals surface area contributed by atoms with E-state index in [2.05, 4.69) is 19.2 Å². The van der Waals surface area contributed by atoms with Gasteiger partial charge in [-0.2, -0.15) is 0 Å². The lowest BCUT2D eigenvalue weighted by Crippen LogP contribution is -2.45. The Kier molecular flexibility index (Phi) is 21.6. The highest BCUT2D eigenvalue weighted by atomic mass is 31.2. The van der Waals surface area contributed by atoms with Gasteiger partial charge in [-0.15, -0.1) is 0 Å². The molecule has 1 amide bonds. The van der Waals surface area contributed by atoms with Crippen LogP contribution >= 0.6 is 7.82 Å². The molecule has 0 aromatic rings. The summed E-state index contributed by atoms with van der Waals surface area (Å²) in [6, 6.07) is -0.873. The summed E-state index contributed by atoms with van der Waals surface area (Å²) in [6.45, 7) is 4.47. The van der Waals surface area contributed by atoms with Crippen molar-refractivity contribution in [1.29, 1.82) is 0 Å². The van der Waals surface area contributed by atoms with Crippen molar-refractivity contribution in [2.45, 2.75) is 122 Å². The second kappa shape index (κ2) is 22.1. The number of aliphatic hydroxyl groups is 1. The first-order chi connectivity index (χ1) is 17.5. The van der Waals surface area contributed by atoms with E-state index in [-0.39, 0.29) is 19.1 Å². The molecule has 0 rings (SSSR count). The molecule has 0 fully saturated rings. The van der Waals surface area contributed by atoms with Crippen LogP contribution in [0.25, 0.3) is 0 Å². The van der Waals surface area contributed by atoms with E-state index in [1.165, 1.54) is 44.9 Å². The summed E-state index contributed by atoms with van der Waals surface area (Å²) in [5.74, 6) is -0.210. The number of nitrogens with zero attached hydrogens (tertiary/aromatic N) is 1. The number of phosphoric acid groups is 1. The van der Waals surface area contributed by atoms with Crippen LogP contribution in [0.3, 0.4) is 0 Å². The molecule has 0 saturated heterocycles. The molecule has 0 aromatic heterocycles. The topological polar surface area (TPSA) is 108 Å². The third-order valence-electron chi connectivity index (χ3n) is 6.25. The van der Waals surface area contributed by atoms with Crippen molar-refractivity contribution < 1.29 is 32.9 Å². The quantitative estimate of drug-likeness (QED) is 0.0676. The van der Waals surface area contributed by atoms with Crippen LogP contribution in [-0.2, 0) is 18.4 Å². The molecule has 220 valence electrons. The molecular formula is C28H57N2O6P. The van der Waals surface area contributed by atoms with E-state index in [0.717, 1.165) is 44.9 Å². The number of hydrogen-bond acceptors (Lipinski definition) is 6. The predicted octanol–water partition coefficient (Wildman–Crippen LogP) is 5.49.